The number of anilines is 3. The maximum absolute atomic E-state index is 12.4. The summed E-state index contributed by atoms with van der Waals surface area (Å²) in [7, 11) is 4.00. The maximum atomic E-state index is 12.4. The number of amides is 2. The zero-order valence-corrected chi connectivity index (χ0v) is 23.8. The normalized spacial score (nSPS) is 17.9. The maximum Gasteiger partial charge on any atom is 0.319 e. The van der Waals surface area contributed by atoms with Crippen molar-refractivity contribution in [3.8, 4) is 0 Å². The summed E-state index contributed by atoms with van der Waals surface area (Å²) in [5.74, 6) is 2.05. The van der Waals surface area contributed by atoms with Crippen molar-refractivity contribution in [2.24, 2.45) is 5.92 Å². The second-order valence-corrected chi connectivity index (χ2v) is 11.3. The van der Waals surface area contributed by atoms with Crippen molar-refractivity contribution in [3.05, 3.63) is 49.8 Å². The first-order valence-electron chi connectivity index (χ1n) is 11.2. The summed E-state index contributed by atoms with van der Waals surface area (Å²) in [6.45, 7) is 0.654. The summed E-state index contributed by atoms with van der Waals surface area (Å²) in [4.78, 5) is 23.9. The molecule has 10 heteroatoms. The molecule has 0 atom stereocenters. The van der Waals surface area contributed by atoms with Gasteiger partial charge in [0.25, 0.3) is 0 Å². The van der Waals surface area contributed by atoms with Crippen LogP contribution in [0.4, 0.5) is 22.2 Å². The Balaban J connectivity index is 1.28. The fourth-order valence-corrected chi connectivity index (χ4v) is 6.67. The summed E-state index contributed by atoms with van der Waals surface area (Å²) in [5, 5.41) is 10.5. The van der Waals surface area contributed by atoms with Crippen LogP contribution >= 0.6 is 47.8 Å². The number of carbonyl (C=O) groups is 1. The lowest BCUT2D eigenvalue weighted by Gasteiger charge is -2.29. The largest absolute Gasteiger partial charge is 0.362 e. The van der Waals surface area contributed by atoms with E-state index in [1.807, 2.05) is 49.3 Å². The number of hydrogen-bond acceptors (Lipinski definition) is 5. The molecule has 2 amide bonds. The number of para-hydroxylation sites is 1. The minimum atomic E-state index is -0.204. The van der Waals surface area contributed by atoms with E-state index in [-0.39, 0.29) is 6.03 Å². The number of rotatable bonds is 6. The van der Waals surface area contributed by atoms with Crippen molar-refractivity contribution in [2.45, 2.75) is 31.7 Å². The number of nitrogens with one attached hydrogen (secondary N) is 3. The number of fused-ring (bicyclic) bond motifs is 1. The molecule has 1 saturated carbocycles. The highest BCUT2D eigenvalue weighted by Crippen LogP contribution is 2.34. The number of hydrogen-bond donors (Lipinski definition) is 3. The van der Waals surface area contributed by atoms with Crippen molar-refractivity contribution in [2.75, 3.05) is 36.2 Å². The Kier molecular flexibility index (Phi) is 8.31. The van der Waals surface area contributed by atoms with Crippen molar-refractivity contribution < 1.29 is 4.79 Å². The average molecular weight is 655 g/mol. The molecule has 3 aromatic rings. The number of halogens is 3. The standard InChI is InChI=1S/C24H27Br3N6O/c1-33(2)22-17-5-3-4-6-20(17)30-23(32-22)29-16-9-7-14(8-10-16)13-28-24(34)31-21-18(26)11-15(25)12-19(21)27/h3-6,11-12,14,16H,7-10,13H2,1-2H3,(H2,28,31,34)(H,29,30,32)/t14-,16+. The van der Waals surface area contributed by atoms with Gasteiger partial charge in [0.1, 0.15) is 5.82 Å². The predicted molar refractivity (Wildman–Crippen MR) is 150 cm³/mol. The molecule has 180 valence electrons. The lowest BCUT2D eigenvalue weighted by Crippen LogP contribution is -2.36. The Bertz CT molecular complexity index is 1160. The van der Waals surface area contributed by atoms with Crippen molar-refractivity contribution in [1.29, 1.82) is 0 Å². The van der Waals surface area contributed by atoms with Crippen LogP contribution in [0.1, 0.15) is 25.7 Å². The second-order valence-electron chi connectivity index (χ2n) is 8.72. The van der Waals surface area contributed by atoms with Gasteiger partial charge in [-0.15, -0.1) is 0 Å². The molecule has 0 bridgehead atoms. The Hall–Kier alpha value is -1.91. The van der Waals surface area contributed by atoms with Gasteiger partial charge in [0.15, 0.2) is 0 Å². The lowest BCUT2D eigenvalue weighted by atomic mass is 9.86. The third-order valence-electron chi connectivity index (χ3n) is 5.98. The van der Waals surface area contributed by atoms with Crippen molar-refractivity contribution in [3.63, 3.8) is 0 Å². The van der Waals surface area contributed by atoms with Crippen LogP contribution < -0.4 is 20.9 Å². The summed E-state index contributed by atoms with van der Waals surface area (Å²) in [6.07, 6.45) is 4.12. The van der Waals surface area contributed by atoms with Gasteiger partial charge in [0.05, 0.1) is 11.2 Å². The number of benzene rings is 2. The summed E-state index contributed by atoms with van der Waals surface area (Å²) >= 11 is 10.4. The van der Waals surface area contributed by atoms with Crippen LogP contribution in [0.3, 0.4) is 0 Å². The molecule has 1 aliphatic rings. The predicted octanol–water partition coefficient (Wildman–Crippen LogP) is 6.78. The smallest absolute Gasteiger partial charge is 0.319 e. The molecule has 4 rings (SSSR count). The SMILES string of the molecule is CN(C)c1nc(N[C@H]2CC[C@@H](CNC(=O)Nc3c(Br)cc(Br)cc3Br)CC2)nc2ccccc12. The van der Waals surface area contributed by atoms with Crippen LogP contribution in [0.2, 0.25) is 0 Å². The van der Waals surface area contributed by atoms with Crippen LogP contribution in [-0.2, 0) is 0 Å². The molecule has 7 nitrogen and oxygen atoms in total. The minimum Gasteiger partial charge on any atom is -0.362 e. The Morgan fingerprint density at radius 2 is 1.71 bits per heavy atom. The summed E-state index contributed by atoms with van der Waals surface area (Å²) in [5.41, 5.74) is 1.65. The van der Waals surface area contributed by atoms with E-state index in [0.29, 0.717) is 30.1 Å². The third-order valence-corrected chi connectivity index (χ3v) is 7.69. The molecule has 0 aliphatic heterocycles. The highest BCUT2D eigenvalue weighted by Gasteiger charge is 2.23. The Morgan fingerprint density at radius 3 is 2.38 bits per heavy atom. The van der Waals surface area contributed by atoms with Gasteiger partial charge >= 0.3 is 6.03 Å². The van der Waals surface area contributed by atoms with E-state index in [4.69, 9.17) is 9.97 Å². The van der Waals surface area contributed by atoms with E-state index in [9.17, 15) is 4.79 Å². The van der Waals surface area contributed by atoms with Crippen LogP contribution in [-0.4, -0.2) is 42.7 Å². The first-order valence-corrected chi connectivity index (χ1v) is 13.6. The molecule has 0 spiro atoms. The molecule has 2 aromatic carbocycles. The molecule has 3 N–H and O–H groups in total. The van der Waals surface area contributed by atoms with Gasteiger partial charge in [-0.25, -0.2) is 9.78 Å². The lowest BCUT2D eigenvalue weighted by molar-refractivity contribution is 0.246. The second kappa shape index (κ2) is 11.2. The van der Waals surface area contributed by atoms with Gasteiger partial charge in [-0.3, -0.25) is 0 Å². The molecule has 1 aliphatic carbocycles. The number of carbonyl (C=O) groups excluding carboxylic acids is 1. The first kappa shape index (κ1) is 25.2. The van der Waals surface area contributed by atoms with Gasteiger partial charge < -0.3 is 20.9 Å². The molecular weight excluding hydrogens is 628 g/mol. The highest BCUT2D eigenvalue weighted by molar-refractivity contribution is 9.11. The van der Waals surface area contributed by atoms with Gasteiger partial charge in [-0.1, -0.05) is 28.1 Å². The molecular formula is C24H27Br3N6O. The van der Waals surface area contributed by atoms with E-state index < -0.39 is 0 Å². The van der Waals surface area contributed by atoms with Crippen LogP contribution in [0.15, 0.2) is 49.8 Å². The molecule has 1 fully saturated rings. The minimum absolute atomic E-state index is 0.204. The van der Waals surface area contributed by atoms with Crippen molar-refractivity contribution in [1.82, 2.24) is 15.3 Å². The quantitative estimate of drug-likeness (QED) is 0.273. The molecule has 0 unspecified atom stereocenters. The molecule has 34 heavy (non-hydrogen) atoms. The number of nitrogens with zero attached hydrogens (tertiary/aromatic N) is 3. The first-order chi connectivity index (χ1) is 16.3. The van der Waals surface area contributed by atoms with Gasteiger partial charge in [-0.2, -0.15) is 4.98 Å². The van der Waals surface area contributed by atoms with Gasteiger partial charge in [0.2, 0.25) is 5.95 Å². The average Bonchev–Trinajstić information content (AvgIpc) is 2.80. The number of aromatic nitrogens is 2. The summed E-state index contributed by atoms with van der Waals surface area (Å²) < 4.78 is 2.54. The zero-order chi connectivity index (χ0) is 24.2. The summed E-state index contributed by atoms with van der Waals surface area (Å²) in [6, 6.07) is 12.0. The molecule has 0 saturated heterocycles. The monoisotopic (exact) mass is 652 g/mol. The van der Waals surface area contributed by atoms with Gasteiger partial charge in [0, 0.05) is 45.5 Å². The Labute approximate surface area is 224 Å². The van der Waals surface area contributed by atoms with E-state index >= 15 is 0 Å². The van der Waals surface area contributed by atoms with E-state index in [0.717, 1.165) is 55.8 Å². The van der Waals surface area contributed by atoms with Crippen LogP contribution in [0, 0.1) is 5.92 Å². The van der Waals surface area contributed by atoms with Crippen molar-refractivity contribution >= 4 is 82.2 Å². The molecule has 0 radical (unpaired) electrons. The van der Waals surface area contributed by atoms with Crippen LogP contribution in [0.25, 0.3) is 10.9 Å². The van der Waals surface area contributed by atoms with E-state index in [2.05, 4.69) is 69.8 Å². The topological polar surface area (TPSA) is 82.2 Å². The molecule has 1 aromatic heterocycles. The highest BCUT2D eigenvalue weighted by atomic mass is 79.9. The van der Waals surface area contributed by atoms with E-state index in [1.54, 1.807) is 0 Å². The Morgan fingerprint density at radius 1 is 1.03 bits per heavy atom. The molecule has 1 heterocycles. The fraction of sp³-hybridized carbons (Fsp3) is 0.375. The zero-order valence-electron chi connectivity index (χ0n) is 19.0. The number of urea groups is 1. The third kappa shape index (κ3) is 6.20. The van der Waals surface area contributed by atoms with E-state index in [1.165, 1.54) is 0 Å². The van der Waals surface area contributed by atoms with Gasteiger partial charge in [-0.05, 0) is 87.7 Å². The fourth-order valence-electron chi connectivity index (χ4n) is 4.22. The van der Waals surface area contributed by atoms with Crippen LogP contribution in [0.5, 0.6) is 0 Å².